The molecular formula is C17H16N6O2. The quantitative estimate of drug-likeness (QED) is 0.649. The molecule has 3 aromatic heterocycles. The summed E-state index contributed by atoms with van der Waals surface area (Å²) in [6.45, 7) is 0.213. The van der Waals surface area contributed by atoms with Crippen LogP contribution in [0.1, 0.15) is 25.0 Å². The summed E-state index contributed by atoms with van der Waals surface area (Å²) in [6, 6.07) is 3.67. The van der Waals surface area contributed by atoms with E-state index in [2.05, 4.69) is 15.3 Å². The van der Waals surface area contributed by atoms with E-state index in [1.165, 1.54) is 4.57 Å². The molecule has 3 aliphatic carbocycles. The molecule has 3 saturated carbocycles. The van der Waals surface area contributed by atoms with Gasteiger partial charge in [0, 0.05) is 24.1 Å². The third-order valence-electron chi connectivity index (χ3n) is 5.36. The van der Waals surface area contributed by atoms with Crippen LogP contribution in [-0.4, -0.2) is 29.1 Å². The molecule has 3 aromatic rings. The van der Waals surface area contributed by atoms with Gasteiger partial charge >= 0.3 is 11.1 Å². The first-order chi connectivity index (χ1) is 12.1. The van der Waals surface area contributed by atoms with Crippen molar-refractivity contribution in [2.24, 2.45) is 5.92 Å². The number of hydrogen-bond acceptors (Lipinski definition) is 5. The fourth-order valence-corrected chi connectivity index (χ4v) is 3.90. The summed E-state index contributed by atoms with van der Waals surface area (Å²) in [5.74, 6) is 0.747. The average molecular weight is 336 g/mol. The Labute approximate surface area is 142 Å². The normalized spacial score (nSPS) is 23.8. The van der Waals surface area contributed by atoms with Crippen molar-refractivity contribution in [2.45, 2.75) is 31.3 Å². The molecule has 3 aliphatic rings. The number of aromatic nitrogens is 6. The van der Waals surface area contributed by atoms with E-state index in [9.17, 15) is 9.59 Å². The third-order valence-corrected chi connectivity index (χ3v) is 5.36. The monoisotopic (exact) mass is 336 g/mol. The maximum atomic E-state index is 12.5. The Bertz CT molecular complexity index is 1050. The first kappa shape index (κ1) is 14.3. The number of nitrogens with zero attached hydrogens (tertiary/aromatic N) is 6. The van der Waals surface area contributed by atoms with Crippen LogP contribution in [0.5, 0.6) is 0 Å². The SMILES string of the molecule is O=c1c(=O)n(C23CC(C2)C3)ccn1Cc1cn(-c2cccnc2)nn1. The zero-order valence-electron chi connectivity index (χ0n) is 13.4. The Balaban J connectivity index is 1.43. The summed E-state index contributed by atoms with van der Waals surface area (Å²) in [4.78, 5) is 28.9. The number of hydrogen-bond donors (Lipinski definition) is 0. The lowest BCUT2D eigenvalue weighted by atomic mass is 9.49. The van der Waals surface area contributed by atoms with E-state index in [1.54, 1.807) is 40.2 Å². The van der Waals surface area contributed by atoms with Gasteiger partial charge in [-0.25, -0.2) is 4.68 Å². The van der Waals surface area contributed by atoms with E-state index >= 15 is 0 Å². The fraction of sp³-hybridized carbons (Fsp3) is 0.353. The molecule has 2 bridgehead atoms. The van der Waals surface area contributed by atoms with Crippen molar-refractivity contribution < 1.29 is 0 Å². The van der Waals surface area contributed by atoms with Gasteiger partial charge in [0.15, 0.2) is 0 Å². The lowest BCUT2D eigenvalue weighted by Crippen LogP contribution is -2.64. The Morgan fingerprint density at radius 3 is 2.68 bits per heavy atom. The summed E-state index contributed by atoms with van der Waals surface area (Å²) in [5, 5.41) is 8.13. The van der Waals surface area contributed by atoms with Crippen LogP contribution in [0, 0.1) is 5.92 Å². The standard InChI is InChI=1S/C17H16N6O2/c24-15-16(25)22(17-6-12(7-17)8-17)5-4-21(15)10-13-11-23(20-19-13)14-2-1-3-18-9-14/h1-5,9,11-12H,6-8,10H2. The van der Waals surface area contributed by atoms with Crippen molar-refractivity contribution in [3.05, 3.63) is 69.5 Å². The van der Waals surface area contributed by atoms with Gasteiger partial charge in [-0.1, -0.05) is 5.21 Å². The highest BCUT2D eigenvalue weighted by Gasteiger charge is 2.58. The van der Waals surface area contributed by atoms with Crippen molar-refractivity contribution in [3.63, 3.8) is 0 Å². The van der Waals surface area contributed by atoms with Crippen molar-refractivity contribution in [1.82, 2.24) is 29.1 Å². The molecule has 3 fully saturated rings. The van der Waals surface area contributed by atoms with Gasteiger partial charge in [-0.3, -0.25) is 14.6 Å². The summed E-state index contributed by atoms with van der Waals surface area (Å²) >= 11 is 0. The molecule has 0 saturated heterocycles. The molecule has 0 unspecified atom stereocenters. The Hall–Kier alpha value is -3.03. The minimum atomic E-state index is -0.511. The van der Waals surface area contributed by atoms with Crippen LogP contribution in [0.4, 0.5) is 0 Å². The predicted molar refractivity (Wildman–Crippen MR) is 88.5 cm³/mol. The molecule has 0 radical (unpaired) electrons. The zero-order valence-corrected chi connectivity index (χ0v) is 13.4. The second-order valence-electron chi connectivity index (χ2n) is 6.97. The Morgan fingerprint density at radius 2 is 2.00 bits per heavy atom. The highest BCUT2D eigenvalue weighted by atomic mass is 16.2. The van der Waals surface area contributed by atoms with Crippen molar-refractivity contribution in [1.29, 1.82) is 0 Å². The topological polar surface area (TPSA) is 87.6 Å². The van der Waals surface area contributed by atoms with Crippen LogP contribution in [0.25, 0.3) is 5.69 Å². The predicted octanol–water partition coefficient (Wildman–Crippen LogP) is 0.543. The highest BCUT2D eigenvalue weighted by Crippen LogP contribution is 2.61. The highest BCUT2D eigenvalue weighted by molar-refractivity contribution is 5.26. The van der Waals surface area contributed by atoms with Crippen molar-refractivity contribution in [2.75, 3.05) is 0 Å². The fourth-order valence-electron chi connectivity index (χ4n) is 3.90. The van der Waals surface area contributed by atoms with Gasteiger partial charge in [0.1, 0.15) is 5.69 Å². The molecule has 25 heavy (non-hydrogen) atoms. The van der Waals surface area contributed by atoms with Gasteiger partial charge in [0.25, 0.3) is 0 Å². The Kier molecular flexibility index (Phi) is 2.85. The van der Waals surface area contributed by atoms with E-state index in [-0.39, 0.29) is 12.1 Å². The maximum Gasteiger partial charge on any atom is 0.316 e. The first-order valence-corrected chi connectivity index (χ1v) is 8.29. The van der Waals surface area contributed by atoms with Gasteiger partial charge in [-0.2, -0.15) is 0 Å². The second kappa shape index (κ2) is 4.98. The van der Waals surface area contributed by atoms with Gasteiger partial charge in [0.05, 0.1) is 24.6 Å². The molecule has 0 N–H and O–H groups in total. The van der Waals surface area contributed by atoms with Gasteiger partial charge in [-0.05, 0) is 37.3 Å². The molecule has 0 aromatic carbocycles. The number of pyridine rings is 1. The van der Waals surface area contributed by atoms with Crippen LogP contribution in [0.2, 0.25) is 0 Å². The van der Waals surface area contributed by atoms with Gasteiger partial charge in [0.2, 0.25) is 0 Å². The van der Waals surface area contributed by atoms with Crippen LogP contribution < -0.4 is 11.1 Å². The molecule has 0 amide bonds. The van der Waals surface area contributed by atoms with E-state index in [4.69, 9.17) is 0 Å². The minimum Gasteiger partial charge on any atom is -0.303 e. The molecule has 8 nitrogen and oxygen atoms in total. The number of rotatable bonds is 4. The third kappa shape index (κ3) is 2.10. The molecule has 6 rings (SSSR count). The lowest BCUT2D eigenvalue weighted by Gasteiger charge is -2.62. The summed E-state index contributed by atoms with van der Waals surface area (Å²) in [6.07, 6.45) is 11.6. The molecule has 126 valence electrons. The summed E-state index contributed by atoms with van der Waals surface area (Å²) in [7, 11) is 0. The van der Waals surface area contributed by atoms with Crippen molar-refractivity contribution in [3.8, 4) is 5.69 Å². The maximum absolute atomic E-state index is 12.5. The molecule has 3 heterocycles. The van der Waals surface area contributed by atoms with E-state index in [0.29, 0.717) is 5.69 Å². The molecular weight excluding hydrogens is 320 g/mol. The first-order valence-electron chi connectivity index (χ1n) is 8.29. The smallest absolute Gasteiger partial charge is 0.303 e. The van der Waals surface area contributed by atoms with E-state index in [1.807, 2.05) is 12.1 Å². The van der Waals surface area contributed by atoms with Gasteiger partial charge in [-0.15, -0.1) is 5.10 Å². The minimum absolute atomic E-state index is 0.0799. The zero-order chi connectivity index (χ0) is 17.0. The Morgan fingerprint density at radius 1 is 1.16 bits per heavy atom. The van der Waals surface area contributed by atoms with E-state index in [0.717, 1.165) is 30.9 Å². The summed E-state index contributed by atoms with van der Waals surface area (Å²) in [5.41, 5.74) is 0.355. The van der Waals surface area contributed by atoms with Gasteiger partial charge < -0.3 is 9.13 Å². The lowest BCUT2D eigenvalue weighted by molar-refractivity contribution is -0.0919. The molecule has 0 spiro atoms. The van der Waals surface area contributed by atoms with Crippen LogP contribution >= 0.6 is 0 Å². The van der Waals surface area contributed by atoms with E-state index < -0.39 is 11.1 Å². The average Bonchev–Trinajstić information content (AvgIpc) is 3.01. The molecule has 0 aliphatic heterocycles. The summed E-state index contributed by atoms with van der Waals surface area (Å²) < 4.78 is 4.62. The largest absolute Gasteiger partial charge is 0.316 e. The van der Waals surface area contributed by atoms with Crippen LogP contribution in [0.15, 0.2) is 52.7 Å². The second-order valence-corrected chi connectivity index (χ2v) is 6.97. The van der Waals surface area contributed by atoms with Crippen LogP contribution in [0.3, 0.4) is 0 Å². The molecule has 0 atom stereocenters. The molecule has 8 heteroatoms. The van der Waals surface area contributed by atoms with Crippen LogP contribution in [-0.2, 0) is 12.1 Å². The van der Waals surface area contributed by atoms with Crippen molar-refractivity contribution >= 4 is 0 Å².